The second-order valence-corrected chi connectivity index (χ2v) is 4.79. The maximum atomic E-state index is 13.3. The molecule has 0 saturated carbocycles. The smallest absolute Gasteiger partial charge is 0.319 e. The van der Waals surface area contributed by atoms with Crippen LogP contribution in [-0.2, 0) is 0 Å². The van der Waals surface area contributed by atoms with E-state index in [9.17, 15) is 9.18 Å². The van der Waals surface area contributed by atoms with E-state index in [0.29, 0.717) is 0 Å². The Morgan fingerprint density at radius 3 is 2.72 bits per heavy atom. The number of urea groups is 1. The lowest BCUT2D eigenvalue weighted by atomic mass is 10.3. The lowest BCUT2D eigenvalue weighted by Gasteiger charge is -2.13. The predicted octanol–water partition coefficient (Wildman–Crippen LogP) is 3.77. The summed E-state index contributed by atoms with van der Waals surface area (Å²) < 4.78 is 13.3. The summed E-state index contributed by atoms with van der Waals surface area (Å²) in [4.78, 5) is 12.7. The minimum absolute atomic E-state index is 0.100. The number of para-hydroxylation sites is 1. The van der Waals surface area contributed by atoms with Gasteiger partial charge >= 0.3 is 6.03 Å². The lowest BCUT2D eigenvalue weighted by Crippen LogP contribution is -2.31. The Bertz CT molecular complexity index is 528. The Balaban J connectivity index is 1.95. The maximum Gasteiger partial charge on any atom is 0.319 e. The van der Waals surface area contributed by atoms with E-state index in [0.717, 1.165) is 4.88 Å². The van der Waals surface area contributed by atoms with Crippen molar-refractivity contribution in [1.29, 1.82) is 0 Å². The summed E-state index contributed by atoms with van der Waals surface area (Å²) in [7, 11) is 0. The SMILES string of the molecule is C[C@H](NC(=O)Nc1ccccc1F)c1cccs1. The molecule has 0 unspecified atom stereocenters. The third kappa shape index (κ3) is 3.07. The number of hydrogen-bond acceptors (Lipinski definition) is 2. The molecule has 2 amide bonds. The summed E-state index contributed by atoms with van der Waals surface area (Å²) in [6.07, 6.45) is 0. The van der Waals surface area contributed by atoms with E-state index in [1.807, 2.05) is 24.4 Å². The summed E-state index contributed by atoms with van der Waals surface area (Å²) in [5.41, 5.74) is 0.174. The third-order valence-electron chi connectivity index (χ3n) is 2.44. The van der Waals surface area contributed by atoms with Gasteiger partial charge in [-0.15, -0.1) is 11.3 Å². The fraction of sp³-hybridized carbons (Fsp3) is 0.154. The molecule has 5 heteroatoms. The van der Waals surface area contributed by atoms with Gasteiger partial charge in [-0.2, -0.15) is 0 Å². The Labute approximate surface area is 109 Å². The van der Waals surface area contributed by atoms with Crippen LogP contribution < -0.4 is 10.6 Å². The van der Waals surface area contributed by atoms with Crippen molar-refractivity contribution in [3.05, 3.63) is 52.5 Å². The number of amides is 2. The fourth-order valence-electron chi connectivity index (χ4n) is 1.53. The molecule has 0 radical (unpaired) electrons. The molecule has 1 heterocycles. The van der Waals surface area contributed by atoms with Gasteiger partial charge in [-0.1, -0.05) is 18.2 Å². The van der Waals surface area contributed by atoms with Gasteiger partial charge in [0.05, 0.1) is 11.7 Å². The summed E-state index contributed by atoms with van der Waals surface area (Å²) in [6, 6.07) is 9.42. The molecule has 2 rings (SSSR count). The molecule has 0 aliphatic heterocycles. The van der Waals surface area contributed by atoms with Crippen LogP contribution in [-0.4, -0.2) is 6.03 Å². The molecule has 1 aromatic carbocycles. The average Bonchev–Trinajstić information content (AvgIpc) is 2.85. The first-order valence-electron chi connectivity index (χ1n) is 5.52. The Morgan fingerprint density at radius 1 is 1.28 bits per heavy atom. The first-order chi connectivity index (χ1) is 8.66. The van der Waals surface area contributed by atoms with E-state index in [2.05, 4.69) is 10.6 Å². The molecule has 3 nitrogen and oxygen atoms in total. The standard InChI is InChI=1S/C13H13FN2OS/c1-9(12-7-4-8-18-12)15-13(17)16-11-6-3-2-5-10(11)14/h2-9H,1H3,(H2,15,16,17)/t9-/m0/s1. The monoisotopic (exact) mass is 264 g/mol. The molecule has 0 bridgehead atoms. The highest BCUT2D eigenvalue weighted by atomic mass is 32.1. The van der Waals surface area contributed by atoms with Gasteiger partial charge in [0.25, 0.3) is 0 Å². The van der Waals surface area contributed by atoms with E-state index in [1.54, 1.807) is 23.5 Å². The van der Waals surface area contributed by atoms with Crippen molar-refractivity contribution in [2.24, 2.45) is 0 Å². The number of carbonyl (C=O) groups is 1. The Kier molecular flexibility index (Phi) is 3.94. The number of anilines is 1. The van der Waals surface area contributed by atoms with Crippen molar-refractivity contribution in [3.63, 3.8) is 0 Å². The summed E-state index contributed by atoms with van der Waals surface area (Å²) in [6.45, 7) is 1.88. The van der Waals surface area contributed by atoms with Gasteiger partial charge in [-0.3, -0.25) is 0 Å². The topological polar surface area (TPSA) is 41.1 Å². The molecule has 0 aliphatic rings. The zero-order chi connectivity index (χ0) is 13.0. The quantitative estimate of drug-likeness (QED) is 0.870. The lowest BCUT2D eigenvalue weighted by molar-refractivity contribution is 0.249. The minimum Gasteiger partial charge on any atom is -0.331 e. The van der Waals surface area contributed by atoms with Gasteiger partial charge in [-0.25, -0.2) is 9.18 Å². The summed E-state index contributed by atoms with van der Waals surface area (Å²) in [5, 5.41) is 7.18. The van der Waals surface area contributed by atoms with Crippen LogP contribution in [0.5, 0.6) is 0 Å². The highest BCUT2D eigenvalue weighted by Gasteiger charge is 2.11. The number of halogens is 1. The van der Waals surface area contributed by atoms with E-state index < -0.39 is 11.8 Å². The molecule has 1 atom stereocenters. The normalized spacial score (nSPS) is 11.9. The highest BCUT2D eigenvalue weighted by molar-refractivity contribution is 7.10. The second kappa shape index (κ2) is 5.64. The summed E-state index contributed by atoms with van der Waals surface area (Å²) >= 11 is 1.57. The largest absolute Gasteiger partial charge is 0.331 e. The molecule has 0 aliphatic carbocycles. The molecule has 94 valence electrons. The van der Waals surface area contributed by atoms with Gasteiger partial charge in [0.15, 0.2) is 0 Å². The van der Waals surface area contributed by atoms with E-state index in [1.165, 1.54) is 12.1 Å². The van der Waals surface area contributed by atoms with E-state index >= 15 is 0 Å². The Hall–Kier alpha value is -1.88. The van der Waals surface area contributed by atoms with Crippen molar-refractivity contribution in [2.45, 2.75) is 13.0 Å². The van der Waals surface area contributed by atoms with Gasteiger partial charge in [-0.05, 0) is 30.5 Å². The molecular weight excluding hydrogens is 251 g/mol. The van der Waals surface area contributed by atoms with Crippen LogP contribution in [0.1, 0.15) is 17.8 Å². The number of nitrogens with one attached hydrogen (secondary N) is 2. The van der Waals surface area contributed by atoms with Crippen LogP contribution in [0.15, 0.2) is 41.8 Å². The zero-order valence-corrected chi connectivity index (χ0v) is 10.6. The number of rotatable bonds is 3. The van der Waals surface area contributed by atoms with E-state index in [4.69, 9.17) is 0 Å². The molecule has 0 spiro atoms. The van der Waals surface area contributed by atoms with Crippen LogP contribution in [0, 0.1) is 5.82 Å². The van der Waals surface area contributed by atoms with Crippen LogP contribution in [0.4, 0.5) is 14.9 Å². The zero-order valence-electron chi connectivity index (χ0n) is 9.81. The molecule has 0 fully saturated rings. The predicted molar refractivity (Wildman–Crippen MR) is 71.3 cm³/mol. The first kappa shape index (κ1) is 12.6. The second-order valence-electron chi connectivity index (χ2n) is 3.82. The molecule has 0 saturated heterocycles. The number of hydrogen-bond donors (Lipinski definition) is 2. The van der Waals surface area contributed by atoms with Crippen LogP contribution >= 0.6 is 11.3 Å². The van der Waals surface area contributed by atoms with Crippen molar-refractivity contribution >= 4 is 23.1 Å². The van der Waals surface area contributed by atoms with Gasteiger partial charge in [0.1, 0.15) is 5.82 Å². The fourth-order valence-corrected chi connectivity index (χ4v) is 2.26. The minimum atomic E-state index is -0.448. The molecule has 2 aromatic rings. The number of carbonyl (C=O) groups excluding carboxylic acids is 1. The average molecular weight is 264 g/mol. The number of benzene rings is 1. The maximum absolute atomic E-state index is 13.3. The van der Waals surface area contributed by atoms with Crippen LogP contribution in [0.3, 0.4) is 0 Å². The Morgan fingerprint density at radius 2 is 2.06 bits per heavy atom. The van der Waals surface area contributed by atoms with E-state index in [-0.39, 0.29) is 11.7 Å². The van der Waals surface area contributed by atoms with Crippen LogP contribution in [0.2, 0.25) is 0 Å². The molecule has 1 aromatic heterocycles. The molecular formula is C13H13FN2OS. The molecule has 2 N–H and O–H groups in total. The van der Waals surface area contributed by atoms with Gasteiger partial charge in [0, 0.05) is 4.88 Å². The third-order valence-corrected chi connectivity index (χ3v) is 3.49. The van der Waals surface area contributed by atoms with Crippen molar-refractivity contribution in [2.75, 3.05) is 5.32 Å². The van der Waals surface area contributed by atoms with Crippen molar-refractivity contribution in [1.82, 2.24) is 5.32 Å². The highest BCUT2D eigenvalue weighted by Crippen LogP contribution is 2.18. The summed E-state index contributed by atoms with van der Waals surface area (Å²) in [5.74, 6) is -0.448. The van der Waals surface area contributed by atoms with Crippen molar-refractivity contribution < 1.29 is 9.18 Å². The first-order valence-corrected chi connectivity index (χ1v) is 6.40. The van der Waals surface area contributed by atoms with Gasteiger partial charge < -0.3 is 10.6 Å². The molecule has 18 heavy (non-hydrogen) atoms. The van der Waals surface area contributed by atoms with Crippen LogP contribution in [0.25, 0.3) is 0 Å². The number of thiophene rings is 1. The van der Waals surface area contributed by atoms with Crippen molar-refractivity contribution in [3.8, 4) is 0 Å². The van der Waals surface area contributed by atoms with Gasteiger partial charge in [0.2, 0.25) is 0 Å².